The smallest absolute Gasteiger partial charge is 0.133 e. The van der Waals surface area contributed by atoms with Crippen LogP contribution in [0.2, 0.25) is 0 Å². The molecule has 0 atom stereocenters. The molecule has 0 saturated heterocycles. The number of rotatable bonds is 19. The highest BCUT2D eigenvalue weighted by molar-refractivity contribution is 5.79. The average Bonchev–Trinajstić information content (AvgIpc) is 2.71. The first-order valence-electron chi connectivity index (χ1n) is 13.0. The van der Waals surface area contributed by atoms with Crippen molar-refractivity contribution in [3.8, 4) is 0 Å². The van der Waals surface area contributed by atoms with E-state index in [0.717, 1.165) is 25.7 Å². The Hall–Kier alpha value is -0.370. The fourth-order valence-corrected chi connectivity index (χ4v) is 4.66. The van der Waals surface area contributed by atoms with Gasteiger partial charge in [-0.25, -0.2) is 0 Å². The van der Waals surface area contributed by atoms with Gasteiger partial charge >= 0.3 is 0 Å². The molecule has 0 unspecified atom stereocenters. The standard InChI is InChI=1S/C26H51NO/c1-3-5-7-9-11-13-15-17-23-27(25-19-21-26(28)22-20-25)24-18-16-14-12-10-8-6-4-2/h25H,3-24H2,1-2H3. The minimum absolute atomic E-state index is 0.496. The van der Waals surface area contributed by atoms with Gasteiger partial charge in [-0.15, -0.1) is 0 Å². The van der Waals surface area contributed by atoms with E-state index in [1.807, 2.05) is 0 Å². The lowest BCUT2D eigenvalue weighted by molar-refractivity contribution is -0.121. The van der Waals surface area contributed by atoms with Gasteiger partial charge in [0.2, 0.25) is 0 Å². The molecule has 28 heavy (non-hydrogen) atoms. The van der Waals surface area contributed by atoms with E-state index in [9.17, 15) is 4.79 Å². The molecule has 1 aliphatic rings. The molecule has 0 heterocycles. The van der Waals surface area contributed by atoms with Crippen LogP contribution in [0.1, 0.15) is 142 Å². The van der Waals surface area contributed by atoms with Crippen LogP contribution in [0.4, 0.5) is 0 Å². The molecule has 2 nitrogen and oxygen atoms in total. The molecule has 0 amide bonds. The molecule has 0 aromatic heterocycles. The molecule has 1 saturated carbocycles. The first-order valence-corrected chi connectivity index (χ1v) is 13.0. The fourth-order valence-electron chi connectivity index (χ4n) is 4.66. The monoisotopic (exact) mass is 393 g/mol. The van der Waals surface area contributed by atoms with Crippen LogP contribution in [-0.4, -0.2) is 29.8 Å². The Bertz CT molecular complexity index is 324. The van der Waals surface area contributed by atoms with Gasteiger partial charge in [-0.3, -0.25) is 4.79 Å². The van der Waals surface area contributed by atoms with Gasteiger partial charge in [0.15, 0.2) is 0 Å². The van der Waals surface area contributed by atoms with E-state index in [2.05, 4.69) is 18.7 Å². The van der Waals surface area contributed by atoms with E-state index in [4.69, 9.17) is 0 Å². The predicted molar refractivity (Wildman–Crippen MR) is 124 cm³/mol. The van der Waals surface area contributed by atoms with Crippen molar-refractivity contribution in [2.24, 2.45) is 0 Å². The maximum atomic E-state index is 11.6. The SMILES string of the molecule is CCCCCCCCCCN(CCCCCCCCCC)C1CCC(=O)CC1. The largest absolute Gasteiger partial charge is 0.300 e. The lowest BCUT2D eigenvalue weighted by Gasteiger charge is -2.34. The van der Waals surface area contributed by atoms with Gasteiger partial charge in [-0.05, 0) is 38.8 Å². The summed E-state index contributed by atoms with van der Waals surface area (Å²) in [5.41, 5.74) is 0. The maximum Gasteiger partial charge on any atom is 0.133 e. The molecule has 1 aliphatic carbocycles. The van der Waals surface area contributed by atoms with Crippen LogP contribution >= 0.6 is 0 Å². The molecule has 0 radical (unpaired) electrons. The lowest BCUT2D eigenvalue weighted by atomic mass is 9.92. The predicted octanol–water partition coefficient (Wildman–Crippen LogP) is 8.08. The first-order chi connectivity index (χ1) is 13.8. The van der Waals surface area contributed by atoms with Crippen molar-refractivity contribution in [1.29, 1.82) is 0 Å². The van der Waals surface area contributed by atoms with Gasteiger partial charge < -0.3 is 4.90 Å². The second-order valence-electron chi connectivity index (χ2n) is 9.26. The Morgan fingerprint density at radius 3 is 1.36 bits per heavy atom. The number of hydrogen-bond acceptors (Lipinski definition) is 2. The number of ketones is 1. The molecular formula is C26H51NO. The summed E-state index contributed by atoms with van der Waals surface area (Å²) in [5.74, 6) is 0.496. The zero-order valence-corrected chi connectivity index (χ0v) is 19.5. The molecule has 0 bridgehead atoms. The minimum atomic E-state index is 0.496. The Balaban J connectivity index is 2.16. The molecule has 0 spiro atoms. The molecule has 0 aromatic carbocycles. The van der Waals surface area contributed by atoms with Crippen LogP contribution < -0.4 is 0 Å². The fraction of sp³-hybridized carbons (Fsp3) is 0.962. The molecule has 0 aliphatic heterocycles. The van der Waals surface area contributed by atoms with Crippen molar-refractivity contribution in [2.75, 3.05) is 13.1 Å². The van der Waals surface area contributed by atoms with E-state index < -0.39 is 0 Å². The summed E-state index contributed by atoms with van der Waals surface area (Å²) in [4.78, 5) is 14.4. The number of hydrogen-bond donors (Lipinski definition) is 0. The van der Waals surface area contributed by atoms with E-state index >= 15 is 0 Å². The van der Waals surface area contributed by atoms with E-state index in [-0.39, 0.29) is 0 Å². The summed E-state index contributed by atoms with van der Waals surface area (Å²) in [6.07, 6.45) is 26.3. The second kappa shape index (κ2) is 18.6. The van der Waals surface area contributed by atoms with Crippen LogP contribution in [0, 0.1) is 0 Å². The third kappa shape index (κ3) is 13.7. The van der Waals surface area contributed by atoms with Gasteiger partial charge in [0.25, 0.3) is 0 Å². The lowest BCUT2D eigenvalue weighted by Crippen LogP contribution is -2.39. The van der Waals surface area contributed by atoms with Crippen LogP contribution in [0.15, 0.2) is 0 Å². The Morgan fingerprint density at radius 1 is 0.607 bits per heavy atom. The molecule has 2 heteroatoms. The Morgan fingerprint density at radius 2 is 0.964 bits per heavy atom. The minimum Gasteiger partial charge on any atom is -0.300 e. The quantitative estimate of drug-likeness (QED) is 0.207. The summed E-state index contributed by atoms with van der Waals surface area (Å²) >= 11 is 0. The van der Waals surface area contributed by atoms with Gasteiger partial charge in [-0.2, -0.15) is 0 Å². The van der Waals surface area contributed by atoms with Crippen LogP contribution in [0.25, 0.3) is 0 Å². The number of carbonyl (C=O) groups excluding carboxylic acids is 1. The van der Waals surface area contributed by atoms with E-state index in [0.29, 0.717) is 11.8 Å². The highest BCUT2D eigenvalue weighted by atomic mass is 16.1. The van der Waals surface area contributed by atoms with Crippen molar-refractivity contribution in [3.63, 3.8) is 0 Å². The third-order valence-electron chi connectivity index (χ3n) is 6.63. The Kier molecular flexibility index (Phi) is 17.1. The Labute approximate surface area is 177 Å². The van der Waals surface area contributed by atoms with Crippen molar-refractivity contribution in [3.05, 3.63) is 0 Å². The van der Waals surface area contributed by atoms with Gasteiger partial charge in [0.05, 0.1) is 0 Å². The zero-order valence-electron chi connectivity index (χ0n) is 19.5. The van der Waals surface area contributed by atoms with Crippen molar-refractivity contribution >= 4 is 5.78 Å². The normalized spacial score (nSPS) is 15.6. The van der Waals surface area contributed by atoms with Crippen molar-refractivity contribution in [2.45, 2.75) is 148 Å². The molecular weight excluding hydrogens is 342 g/mol. The molecule has 0 N–H and O–H groups in total. The second-order valence-corrected chi connectivity index (χ2v) is 9.26. The average molecular weight is 394 g/mol. The number of nitrogens with zero attached hydrogens (tertiary/aromatic N) is 1. The van der Waals surface area contributed by atoms with Crippen LogP contribution in [0.5, 0.6) is 0 Å². The zero-order chi connectivity index (χ0) is 20.3. The summed E-state index contributed by atoms with van der Waals surface area (Å²) in [7, 11) is 0. The van der Waals surface area contributed by atoms with E-state index in [1.54, 1.807) is 0 Å². The highest BCUT2D eigenvalue weighted by Gasteiger charge is 2.23. The maximum absolute atomic E-state index is 11.6. The van der Waals surface area contributed by atoms with Gasteiger partial charge in [0, 0.05) is 18.9 Å². The summed E-state index contributed by atoms with van der Waals surface area (Å²) in [6, 6.07) is 0.687. The van der Waals surface area contributed by atoms with E-state index in [1.165, 1.54) is 116 Å². The summed E-state index contributed by atoms with van der Waals surface area (Å²) < 4.78 is 0. The van der Waals surface area contributed by atoms with Crippen LogP contribution in [0.3, 0.4) is 0 Å². The van der Waals surface area contributed by atoms with Gasteiger partial charge in [0.1, 0.15) is 5.78 Å². The molecule has 1 rings (SSSR count). The van der Waals surface area contributed by atoms with Crippen molar-refractivity contribution < 1.29 is 4.79 Å². The highest BCUT2D eigenvalue weighted by Crippen LogP contribution is 2.22. The third-order valence-corrected chi connectivity index (χ3v) is 6.63. The van der Waals surface area contributed by atoms with Crippen LogP contribution in [-0.2, 0) is 4.79 Å². The number of carbonyl (C=O) groups is 1. The molecule has 0 aromatic rings. The van der Waals surface area contributed by atoms with Crippen molar-refractivity contribution in [1.82, 2.24) is 4.90 Å². The number of Topliss-reactive ketones (excluding diaryl/α,β-unsaturated/α-hetero) is 1. The number of unbranched alkanes of at least 4 members (excludes halogenated alkanes) is 14. The summed E-state index contributed by atoms with van der Waals surface area (Å²) in [5, 5.41) is 0. The van der Waals surface area contributed by atoms with Gasteiger partial charge in [-0.1, -0.05) is 104 Å². The molecule has 1 fully saturated rings. The topological polar surface area (TPSA) is 20.3 Å². The summed E-state index contributed by atoms with van der Waals surface area (Å²) in [6.45, 7) is 7.12. The first kappa shape index (κ1) is 25.7. The molecule has 166 valence electrons.